The average Bonchev–Trinajstić information content (AvgIpc) is 3.54. The fourth-order valence-electron chi connectivity index (χ4n) is 5.40. The van der Waals surface area contributed by atoms with Gasteiger partial charge in [-0.3, -0.25) is 0 Å². The highest BCUT2D eigenvalue weighted by atomic mass is 32.1. The first-order chi connectivity index (χ1) is 20.1. The van der Waals surface area contributed by atoms with Crippen molar-refractivity contribution >= 4 is 34.1 Å². The Morgan fingerprint density at radius 1 is 0.732 bits per heavy atom. The highest BCUT2D eigenvalue weighted by Gasteiger charge is 2.38. The largest absolute Gasteiger partial charge is 0.488 e. The average molecular weight is 603 g/mol. The molecule has 228 valence electrons. The SMILES string of the molecule is CCCCCCCCOCC1(COCCCCCCCC)COc2c(C)sc(-c3ccc(C)c4nsnc34)c2OC1. The molecule has 1 aromatic carbocycles. The number of nitrogens with zero attached hydrogens (tertiary/aromatic N) is 2. The van der Waals surface area contributed by atoms with Crippen molar-refractivity contribution in [3.05, 3.63) is 22.6 Å². The van der Waals surface area contributed by atoms with E-state index in [1.807, 2.05) is 0 Å². The minimum absolute atomic E-state index is 0.352. The number of aryl methyl sites for hydroxylation is 2. The lowest BCUT2D eigenvalue weighted by atomic mass is 9.92. The molecule has 0 fully saturated rings. The van der Waals surface area contributed by atoms with Gasteiger partial charge in [0.2, 0.25) is 0 Å². The van der Waals surface area contributed by atoms with Gasteiger partial charge in [-0.25, -0.2) is 0 Å². The van der Waals surface area contributed by atoms with Crippen molar-refractivity contribution in [2.45, 2.75) is 105 Å². The molecule has 0 saturated carbocycles. The lowest BCUT2D eigenvalue weighted by Gasteiger charge is -2.30. The maximum absolute atomic E-state index is 6.65. The summed E-state index contributed by atoms with van der Waals surface area (Å²) in [5, 5.41) is 0. The van der Waals surface area contributed by atoms with Crippen LogP contribution in [-0.2, 0) is 9.47 Å². The van der Waals surface area contributed by atoms with Crippen LogP contribution in [0.3, 0.4) is 0 Å². The summed E-state index contributed by atoms with van der Waals surface area (Å²) < 4.78 is 34.9. The molecule has 6 nitrogen and oxygen atoms in total. The topological polar surface area (TPSA) is 62.7 Å². The summed E-state index contributed by atoms with van der Waals surface area (Å²) in [6.07, 6.45) is 15.1. The van der Waals surface area contributed by atoms with Crippen LogP contribution in [-0.4, -0.2) is 48.4 Å². The molecule has 0 spiro atoms. The molecule has 0 unspecified atom stereocenters. The van der Waals surface area contributed by atoms with Gasteiger partial charge < -0.3 is 18.9 Å². The van der Waals surface area contributed by atoms with Crippen molar-refractivity contribution in [1.29, 1.82) is 0 Å². The van der Waals surface area contributed by atoms with Gasteiger partial charge in [-0.15, -0.1) is 11.3 Å². The van der Waals surface area contributed by atoms with Gasteiger partial charge in [0.05, 0.1) is 35.2 Å². The van der Waals surface area contributed by atoms with Crippen molar-refractivity contribution in [1.82, 2.24) is 8.75 Å². The molecular weight excluding hydrogens is 553 g/mol. The monoisotopic (exact) mass is 602 g/mol. The molecular formula is C33H50N2O4S2. The van der Waals surface area contributed by atoms with E-state index in [1.165, 1.54) is 75.9 Å². The highest BCUT2D eigenvalue weighted by Crippen LogP contribution is 2.51. The molecule has 41 heavy (non-hydrogen) atoms. The first-order valence-corrected chi connectivity index (χ1v) is 17.4. The fraction of sp³-hybridized carbons (Fsp3) is 0.697. The Kier molecular flexibility index (Phi) is 13.2. The molecule has 8 heteroatoms. The molecule has 3 aromatic rings. The van der Waals surface area contributed by atoms with Crippen molar-refractivity contribution in [2.24, 2.45) is 5.41 Å². The Labute approximate surface area is 255 Å². The van der Waals surface area contributed by atoms with Gasteiger partial charge in [0.25, 0.3) is 0 Å². The van der Waals surface area contributed by atoms with E-state index in [4.69, 9.17) is 18.9 Å². The third kappa shape index (κ3) is 8.88. The minimum atomic E-state index is -0.352. The van der Waals surface area contributed by atoms with Crippen molar-refractivity contribution in [2.75, 3.05) is 39.6 Å². The van der Waals surface area contributed by atoms with E-state index < -0.39 is 0 Å². The number of aromatic nitrogens is 2. The zero-order chi connectivity index (χ0) is 28.9. The molecule has 2 aromatic heterocycles. The van der Waals surface area contributed by atoms with Gasteiger partial charge in [-0.1, -0.05) is 90.2 Å². The molecule has 0 aliphatic carbocycles. The summed E-state index contributed by atoms with van der Waals surface area (Å²) >= 11 is 2.97. The number of unbranched alkanes of at least 4 members (excludes halogenated alkanes) is 10. The number of hydrogen-bond donors (Lipinski definition) is 0. The second kappa shape index (κ2) is 16.8. The normalized spacial score (nSPS) is 14.5. The minimum Gasteiger partial charge on any atom is -0.488 e. The highest BCUT2D eigenvalue weighted by molar-refractivity contribution is 7.16. The van der Waals surface area contributed by atoms with E-state index in [-0.39, 0.29) is 5.41 Å². The standard InChI is InChI=1S/C33H50N2O4S2/c1-5-7-9-11-13-15-19-36-21-33(22-37-20-16-14-12-10-8-6-2)23-38-30-26(4)40-32(31(30)39-24-33)27-18-17-25(3)28-29(27)35-41-34-28/h17-18H,5-16,19-24H2,1-4H3. The third-order valence-electron chi connectivity index (χ3n) is 8.00. The van der Waals surface area contributed by atoms with E-state index in [0.29, 0.717) is 26.4 Å². The zero-order valence-electron chi connectivity index (χ0n) is 25.7. The van der Waals surface area contributed by atoms with Gasteiger partial charge in [0, 0.05) is 23.7 Å². The first kappa shape index (κ1) is 32.2. The smallest absolute Gasteiger partial charge is 0.180 e. The number of rotatable bonds is 19. The van der Waals surface area contributed by atoms with E-state index >= 15 is 0 Å². The van der Waals surface area contributed by atoms with Crippen LogP contribution in [0.25, 0.3) is 21.5 Å². The lowest BCUT2D eigenvalue weighted by Crippen LogP contribution is -2.42. The number of ether oxygens (including phenoxy) is 4. The first-order valence-electron chi connectivity index (χ1n) is 15.9. The van der Waals surface area contributed by atoms with Crippen LogP contribution in [0.15, 0.2) is 12.1 Å². The van der Waals surface area contributed by atoms with Crippen LogP contribution >= 0.6 is 23.1 Å². The third-order valence-corrected chi connectivity index (χ3v) is 9.62. The summed E-state index contributed by atoms with van der Waals surface area (Å²) in [6, 6.07) is 4.26. The quantitative estimate of drug-likeness (QED) is 0.127. The van der Waals surface area contributed by atoms with Crippen LogP contribution in [0.4, 0.5) is 0 Å². The van der Waals surface area contributed by atoms with E-state index in [2.05, 4.69) is 48.6 Å². The Hall–Kier alpha value is -1.74. The van der Waals surface area contributed by atoms with Gasteiger partial charge in [0.15, 0.2) is 11.5 Å². The summed E-state index contributed by atoms with van der Waals surface area (Å²) in [5.41, 5.74) is 3.74. The summed E-state index contributed by atoms with van der Waals surface area (Å²) in [7, 11) is 0. The zero-order valence-corrected chi connectivity index (χ0v) is 27.4. The second-order valence-electron chi connectivity index (χ2n) is 11.8. The summed E-state index contributed by atoms with van der Waals surface area (Å²) in [5.74, 6) is 1.66. The maximum atomic E-state index is 6.65. The Morgan fingerprint density at radius 3 is 1.93 bits per heavy atom. The van der Waals surface area contributed by atoms with Crippen LogP contribution in [0.1, 0.15) is 101 Å². The van der Waals surface area contributed by atoms with Crippen LogP contribution in [0, 0.1) is 19.3 Å². The number of thiophene rings is 1. The van der Waals surface area contributed by atoms with Crippen LogP contribution in [0.5, 0.6) is 11.5 Å². The molecule has 1 aliphatic heterocycles. The molecule has 0 bridgehead atoms. The van der Waals surface area contributed by atoms with E-state index in [0.717, 1.165) is 69.5 Å². The molecule has 3 heterocycles. The molecule has 4 rings (SSSR count). The molecule has 0 radical (unpaired) electrons. The number of fused-ring (bicyclic) bond motifs is 2. The van der Waals surface area contributed by atoms with Gasteiger partial charge in [0.1, 0.15) is 24.2 Å². The summed E-state index contributed by atoms with van der Waals surface area (Å²) in [6.45, 7) is 12.4. The lowest BCUT2D eigenvalue weighted by molar-refractivity contribution is -0.0605. The molecule has 0 saturated heterocycles. The van der Waals surface area contributed by atoms with Crippen molar-refractivity contribution in [3.8, 4) is 21.9 Å². The number of benzene rings is 1. The van der Waals surface area contributed by atoms with Crippen molar-refractivity contribution < 1.29 is 18.9 Å². The predicted octanol–water partition coefficient (Wildman–Crippen LogP) is 9.55. The Bertz CT molecular complexity index is 1170. The molecule has 1 aliphatic rings. The fourth-order valence-corrected chi connectivity index (χ4v) is 7.09. The van der Waals surface area contributed by atoms with E-state index in [1.54, 1.807) is 11.3 Å². The van der Waals surface area contributed by atoms with Crippen molar-refractivity contribution in [3.63, 3.8) is 0 Å². The number of hydrogen-bond acceptors (Lipinski definition) is 8. The summed E-state index contributed by atoms with van der Waals surface area (Å²) in [4.78, 5) is 2.18. The Morgan fingerprint density at radius 2 is 1.29 bits per heavy atom. The van der Waals surface area contributed by atoms with Crippen LogP contribution < -0.4 is 9.47 Å². The second-order valence-corrected chi connectivity index (χ2v) is 13.5. The Balaban J connectivity index is 1.41. The predicted molar refractivity (Wildman–Crippen MR) is 172 cm³/mol. The van der Waals surface area contributed by atoms with Crippen LogP contribution in [0.2, 0.25) is 0 Å². The van der Waals surface area contributed by atoms with Gasteiger partial charge in [-0.05, 0) is 32.3 Å². The van der Waals surface area contributed by atoms with Gasteiger partial charge >= 0.3 is 0 Å². The maximum Gasteiger partial charge on any atom is 0.180 e. The molecule has 0 N–H and O–H groups in total. The van der Waals surface area contributed by atoms with E-state index in [9.17, 15) is 0 Å². The molecule has 0 amide bonds. The van der Waals surface area contributed by atoms with Gasteiger partial charge in [-0.2, -0.15) is 8.75 Å². The molecule has 0 atom stereocenters.